The molecule has 0 radical (unpaired) electrons. The number of esters is 2. The van der Waals surface area contributed by atoms with E-state index in [-0.39, 0.29) is 0 Å². The molecule has 27 heavy (non-hydrogen) atoms. The Balaban J connectivity index is 2.06. The highest BCUT2D eigenvalue weighted by Gasteiger charge is 2.43. The zero-order valence-corrected chi connectivity index (χ0v) is 15.6. The van der Waals surface area contributed by atoms with Gasteiger partial charge in [0.1, 0.15) is 11.5 Å². The zero-order chi connectivity index (χ0) is 19.3. The number of fused-ring (bicyclic) bond motifs is 6. The molecule has 2 unspecified atom stereocenters. The lowest BCUT2D eigenvalue weighted by molar-refractivity contribution is -0.130. The molecule has 2 bridgehead atoms. The Morgan fingerprint density at radius 2 is 1.78 bits per heavy atom. The molecule has 1 fully saturated rings. The molecule has 2 atom stereocenters. The van der Waals surface area contributed by atoms with E-state index in [1.165, 1.54) is 6.08 Å². The quantitative estimate of drug-likeness (QED) is 0.432. The highest BCUT2D eigenvalue weighted by molar-refractivity contribution is 6.03. The molecular weight excluding hydrogens is 340 g/mol. The summed E-state index contributed by atoms with van der Waals surface area (Å²) in [5.74, 6) is 0.940. The van der Waals surface area contributed by atoms with Gasteiger partial charge in [-0.3, -0.25) is 0 Å². The van der Waals surface area contributed by atoms with Gasteiger partial charge >= 0.3 is 11.9 Å². The molecule has 0 heterocycles. The standard InChI is InChI=1S/C23H22O4/c1-5-17(24)26-22-18-13(4)7-6-8-16(18)21(27-23(25)12(2)3)19-14-9-10-15(11-14)20(19)22/h5-8,14-15H,1-2,9-11H2,3-4H3. The first-order valence-electron chi connectivity index (χ1n) is 9.23. The summed E-state index contributed by atoms with van der Waals surface area (Å²) < 4.78 is 11.6. The summed E-state index contributed by atoms with van der Waals surface area (Å²) in [4.78, 5) is 24.4. The molecule has 1 saturated carbocycles. The summed E-state index contributed by atoms with van der Waals surface area (Å²) in [6.45, 7) is 10.8. The van der Waals surface area contributed by atoms with Crippen LogP contribution in [0.15, 0.2) is 43.0 Å². The van der Waals surface area contributed by atoms with Gasteiger partial charge in [-0.1, -0.05) is 31.4 Å². The van der Waals surface area contributed by atoms with Gasteiger partial charge in [0, 0.05) is 33.5 Å². The van der Waals surface area contributed by atoms with E-state index in [0.29, 0.717) is 28.9 Å². The topological polar surface area (TPSA) is 52.6 Å². The fourth-order valence-corrected chi connectivity index (χ4v) is 4.54. The molecular formula is C23H22O4. The SMILES string of the molecule is C=CC(=O)Oc1c2c(c(OC(=O)C(=C)C)c3cccc(C)c13)C1CCC2C1. The van der Waals surface area contributed by atoms with Gasteiger partial charge in [0.2, 0.25) is 0 Å². The summed E-state index contributed by atoms with van der Waals surface area (Å²) in [5.41, 5.74) is 3.37. The zero-order valence-electron chi connectivity index (χ0n) is 15.6. The second-order valence-corrected chi connectivity index (χ2v) is 7.49. The summed E-state index contributed by atoms with van der Waals surface area (Å²) in [7, 11) is 0. The number of benzene rings is 2. The molecule has 0 saturated heterocycles. The lowest BCUT2D eigenvalue weighted by atomic mass is 9.86. The van der Waals surface area contributed by atoms with Crippen LogP contribution in [0.2, 0.25) is 0 Å². The maximum Gasteiger partial charge on any atom is 0.338 e. The minimum atomic E-state index is -0.476. The predicted octanol–water partition coefficient (Wildman–Crippen LogP) is 5.09. The maximum atomic E-state index is 12.3. The van der Waals surface area contributed by atoms with Crippen LogP contribution in [-0.2, 0) is 9.59 Å². The van der Waals surface area contributed by atoms with Crippen LogP contribution < -0.4 is 9.47 Å². The Morgan fingerprint density at radius 3 is 2.41 bits per heavy atom. The van der Waals surface area contributed by atoms with Crippen LogP contribution in [0.4, 0.5) is 0 Å². The number of carbonyl (C=O) groups is 2. The molecule has 2 aromatic rings. The van der Waals surface area contributed by atoms with Gasteiger partial charge in [-0.25, -0.2) is 9.59 Å². The van der Waals surface area contributed by atoms with Gasteiger partial charge in [0.05, 0.1) is 0 Å². The van der Waals surface area contributed by atoms with Gasteiger partial charge < -0.3 is 9.47 Å². The van der Waals surface area contributed by atoms with Crippen molar-refractivity contribution >= 4 is 22.7 Å². The minimum absolute atomic E-state index is 0.323. The monoisotopic (exact) mass is 362 g/mol. The van der Waals surface area contributed by atoms with Crippen molar-refractivity contribution in [3.8, 4) is 11.5 Å². The number of hydrogen-bond donors (Lipinski definition) is 0. The van der Waals surface area contributed by atoms with E-state index in [1.54, 1.807) is 6.92 Å². The van der Waals surface area contributed by atoms with Crippen LogP contribution in [0.25, 0.3) is 10.8 Å². The Labute approximate surface area is 158 Å². The second kappa shape index (κ2) is 6.38. The molecule has 4 rings (SSSR count). The average Bonchev–Trinajstić information content (AvgIpc) is 3.25. The van der Waals surface area contributed by atoms with Crippen LogP contribution >= 0.6 is 0 Å². The third-order valence-electron chi connectivity index (χ3n) is 5.69. The highest BCUT2D eigenvalue weighted by atomic mass is 16.5. The second-order valence-electron chi connectivity index (χ2n) is 7.49. The van der Waals surface area contributed by atoms with Crippen molar-refractivity contribution in [2.45, 2.75) is 44.9 Å². The van der Waals surface area contributed by atoms with Crippen molar-refractivity contribution in [1.29, 1.82) is 0 Å². The van der Waals surface area contributed by atoms with E-state index in [2.05, 4.69) is 13.2 Å². The molecule has 0 aromatic heterocycles. The Hall–Kier alpha value is -2.88. The smallest absolute Gasteiger partial charge is 0.338 e. The Kier molecular flexibility index (Phi) is 4.14. The molecule has 0 spiro atoms. The molecule has 2 aromatic carbocycles. The number of carbonyl (C=O) groups excluding carboxylic acids is 2. The number of hydrogen-bond acceptors (Lipinski definition) is 4. The van der Waals surface area contributed by atoms with Crippen LogP contribution in [0.3, 0.4) is 0 Å². The first-order valence-corrected chi connectivity index (χ1v) is 9.23. The summed E-state index contributed by atoms with van der Waals surface area (Å²) in [6, 6.07) is 5.81. The number of ether oxygens (including phenoxy) is 2. The van der Waals surface area contributed by atoms with Crippen LogP contribution in [0, 0.1) is 6.92 Å². The lowest BCUT2D eigenvalue weighted by Crippen LogP contribution is -2.14. The molecule has 2 aliphatic rings. The molecule has 2 aliphatic carbocycles. The fraction of sp³-hybridized carbons (Fsp3) is 0.304. The molecule has 4 heteroatoms. The summed E-state index contributed by atoms with van der Waals surface area (Å²) >= 11 is 0. The molecule has 4 nitrogen and oxygen atoms in total. The van der Waals surface area contributed by atoms with Gasteiger partial charge in [-0.05, 0) is 50.5 Å². The molecule has 0 aliphatic heterocycles. The van der Waals surface area contributed by atoms with Crippen molar-refractivity contribution in [2.24, 2.45) is 0 Å². The van der Waals surface area contributed by atoms with Crippen molar-refractivity contribution < 1.29 is 19.1 Å². The van der Waals surface area contributed by atoms with Crippen molar-refractivity contribution in [3.05, 3.63) is 59.7 Å². The molecule has 0 N–H and O–H groups in total. The molecule has 138 valence electrons. The predicted molar refractivity (Wildman–Crippen MR) is 104 cm³/mol. The van der Waals surface area contributed by atoms with Gasteiger partial charge in [-0.2, -0.15) is 0 Å². The van der Waals surface area contributed by atoms with Crippen molar-refractivity contribution in [3.63, 3.8) is 0 Å². The van der Waals surface area contributed by atoms with Crippen LogP contribution in [0.5, 0.6) is 11.5 Å². The lowest BCUT2D eigenvalue weighted by Gasteiger charge is -2.24. The van der Waals surface area contributed by atoms with Crippen LogP contribution in [0.1, 0.15) is 54.7 Å². The third kappa shape index (κ3) is 2.67. The van der Waals surface area contributed by atoms with E-state index in [9.17, 15) is 9.59 Å². The largest absolute Gasteiger partial charge is 0.422 e. The molecule has 0 amide bonds. The average molecular weight is 362 g/mol. The van der Waals surface area contributed by atoms with E-state index >= 15 is 0 Å². The Bertz CT molecular complexity index is 1010. The van der Waals surface area contributed by atoms with Crippen molar-refractivity contribution in [1.82, 2.24) is 0 Å². The highest BCUT2D eigenvalue weighted by Crippen LogP contribution is 2.61. The third-order valence-corrected chi connectivity index (χ3v) is 5.69. The fourth-order valence-electron chi connectivity index (χ4n) is 4.54. The van der Waals surface area contributed by atoms with Crippen LogP contribution in [-0.4, -0.2) is 11.9 Å². The first kappa shape index (κ1) is 17.5. The summed E-state index contributed by atoms with van der Waals surface area (Å²) in [6.07, 6.45) is 4.29. The summed E-state index contributed by atoms with van der Waals surface area (Å²) in [5, 5.41) is 1.62. The van der Waals surface area contributed by atoms with Gasteiger partial charge in [0.15, 0.2) is 0 Å². The van der Waals surface area contributed by atoms with Gasteiger partial charge in [0.25, 0.3) is 0 Å². The van der Waals surface area contributed by atoms with E-state index in [0.717, 1.165) is 46.7 Å². The number of aryl methyl sites for hydroxylation is 1. The first-order chi connectivity index (χ1) is 12.9. The number of rotatable bonds is 4. The maximum absolute atomic E-state index is 12.3. The van der Waals surface area contributed by atoms with Gasteiger partial charge in [-0.15, -0.1) is 0 Å². The van der Waals surface area contributed by atoms with Crippen molar-refractivity contribution in [2.75, 3.05) is 0 Å². The minimum Gasteiger partial charge on any atom is -0.422 e. The van der Waals surface area contributed by atoms with E-state index < -0.39 is 11.9 Å². The van der Waals surface area contributed by atoms with E-state index in [1.807, 2.05) is 25.1 Å². The normalized spacial score (nSPS) is 19.6. The van der Waals surface area contributed by atoms with E-state index in [4.69, 9.17) is 9.47 Å². The Morgan fingerprint density at radius 1 is 1.11 bits per heavy atom.